The van der Waals surface area contributed by atoms with Gasteiger partial charge in [0.1, 0.15) is 5.75 Å². The monoisotopic (exact) mass is 261 g/mol. The van der Waals surface area contributed by atoms with Crippen LogP contribution in [0.5, 0.6) is 5.75 Å². The predicted octanol–water partition coefficient (Wildman–Crippen LogP) is 4.09. The SMILES string of the molecule is CCCOc1ccc(C2(N)CCC(C)CC2C)cc1. The van der Waals surface area contributed by atoms with Gasteiger partial charge in [-0.25, -0.2) is 0 Å². The lowest BCUT2D eigenvalue weighted by Gasteiger charge is -2.42. The highest BCUT2D eigenvalue weighted by Crippen LogP contribution is 2.41. The molecule has 2 nitrogen and oxygen atoms in total. The summed E-state index contributed by atoms with van der Waals surface area (Å²) in [5.41, 5.74) is 7.80. The van der Waals surface area contributed by atoms with E-state index in [-0.39, 0.29) is 5.54 Å². The summed E-state index contributed by atoms with van der Waals surface area (Å²) < 4.78 is 5.63. The molecule has 19 heavy (non-hydrogen) atoms. The van der Waals surface area contributed by atoms with Gasteiger partial charge in [-0.15, -0.1) is 0 Å². The standard InChI is InChI=1S/C17H27NO/c1-4-11-19-16-7-5-15(6-8-16)17(18)10-9-13(2)12-14(17)3/h5-8,13-14H,4,9-12,18H2,1-3H3. The third-order valence-electron chi connectivity index (χ3n) is 4.55. The van der Waals surface area contributed by atoms with E-state index in [9.17, 15) is 0 Å². The first-order chi connectivity index (χ1) is 9.06. The van der Waals surface area contributed by atoms with Gasteiger partial charge in [-0.3, -0.25) is 0 Å². The molecule has 0 heterocycles. The molecule has 2 rings (SSSR count). The predicted molar refractivity (Wildman–Crippen MR) is 80.3 cm³/mol. The van der Waals surface area contributed by atoms with E-state index in [0.29, 0.717) is 5.92 Å². The summed E-state index contributed by atoms with van der Waals surface area (Å²) in [6.07, 6.45) is 4.58. The topological polar surface area (TPSA) is 35.2 Å². The summed E-state index contributed by atoms with van der Waals surface area (Å²) in [4.78, 5) is 0. The molecular weight excluding hydrogens is 234 g/mol. The first-order valence-corrected chi connectivity index (χ1v) is 7.58. The molecule has 3 atom stereocenters. The maximum atomic E-state index is 6.70. The zero-order valence-corrected chi connectivity index (χ0v) is 12.5. The molecule has 1 fully saturated rings. The van der Waals surface area contributed by atoms with Gasteiger partial charge in [0.05, 0.1) is 6.61 Å². The van der Waals surface area contributed by atoms with Crippen LogP contribution in [0, 0.1) is 11.8 Å². The van der Waals surface area contributed by atoms with Gasteiger partial charge in [0.15, 0.2) is 0 Å². The minimum absolute atomic E-state index is 0.157. The van der Waals surface area contributed by atoms with Gasteiger partial charge < -0.3 is 10.5 Å². The van der Waals surface area contributed by atoms with E-state index < -0.39 is 0 Å². The number of ether oxygens (including phenoxy) is 1. The van der Waals surface area contributed by atoms with Crippen LogP contribution in [0.1, 0.15) is 52.0 Å². The highest BCUT2D eigenvalue weighted by atomic mass is 16.5. The van der Waals surface area contributed by atoms with Gasteiger partial charge in [-0.2, -0.15) is 0 Å². The molecule has 1 aromatic carbocycles. The second kappa shape index (κ2) is 5.96. The molecule has 1 aromatic rings. The van der Waals surface area contributed by atoms with Crippen LogP contribution < -0.4 is 10.5 Å². The van der Waals surface area contributed by atoms with Crippen LogP contribution in [0.25, 0.3) is 0 Å². The van der Waals surface area contributed by atoms with Crippen LogP contribution in [0.15, 0.2) is 24.3 Å². The molecule has 0 aromatic heterocycles. The van der Waals surface area contributed by atoms with E-state index in [1.807, 2.05) is 0 Å². The molecule has 0 saturated heterocycles. The largest absolute Gasteiger partial charge is 0.494 e. The Bertz CT molecular complexity index is 400. The Morgan fingerprint density at radius 3 is 2.53 bits per heavy atom. The maximum Gasteiger partial charge on any atom is 0.119 e. The van der Waals surface area contributed by atoms with Crippen molar-refractivity contribution in [3.63, 3.8) is 0 Å². The normalized spacial score (nSPS) is 31.2. The summed E-state index contributed by atoms with van der Waals surface area (Å²) in [5, 5.41) is 0. The molecule has 2 heteroatoms. The Labute approximate surface area is 117 Å². The number of rotatable bonds is 4. The highest BCUT2D eigenvalue weighted by Gasteiger charge is 2.37. The fraction of sp³-hybridized carbons (Fsp3) is 0.647. The zero-order valence-electron chi connectivity index (χ0n) is 12.5. The van der Waals surface area contributed by atoms with Gasteiger partial charge >= 0.3 is 0 Å². The van der Waals surface area contributed by atoms with Crippen LogP contribution in [0.4, 0.5) is 0 Å². The molecule has 0 bridgehead atoms. The maximum absolute atomic E-state index is 6.70. The zero-order chi connectivity index (χ0) is 13.9. The third-order valence-corrected chi connectivity index (χ3v) is 4.55. The number of benzene rings is 1. The van der Waals surface area contributed by atoms with Gasteiger partial charge in [0, 0.05) is 5.54 Å². The van der Waals surface area contributed by atoms with E-state index in [2.05, 4.69) is 45.0 Å². The molecule has 3 unspecified atom stereocenters. The molecule has 0 aliphatic heterocycles. The lowest BCUT2D eigenvalue weighted by Crippen LogP contribution is -2.46. The van der Waals surface area contributed by atoms with E-state index in [1.54, 1.807) is 0 Å². The van der Waals surface area contributed by atoms with E-state index in [1.165, 1.54) is 18.4 Å². The summed E-state index contributed by atoms with van der Waals surface area (Å²) in [6, 6.07) is 8.42. The molecule has 0 spiro atoms. The van der Waals surface area contributed by atoms with Crippen molar-refractivity contribution in [2.45, 2.75) is 52.0 Å². The molecule has 1 aliphatic carbocycles. The molecule has 1 saturated carbocycles. The molecule has 0 radical (unpaired) electrons. The van der Waals surface area contributed by atoms with Crippen LogP contribution in [-0.4, -0.2) is 6.61 Å². The summed E-state index contributed by atoms with van der Waals surface area (Å²) >= 11 is 0. The molecule has 0 amide bonds. The van der Waals surface area contributed by atoms with E-state index >= 15 is 0 Å². The average molecular weight is 261 g/mol. The Morgan fingerprint density at radius 1 is 1.26 bits per heavy atom. The van der Waals surface area contributed by atoms with Crippen molar-refractivity contribution in [1.29, 1.82) is 0 Å². The van der Waals surface area contributed by atoms with Gasteiger partial charge in [-0.1, -0.05) is 32.9 Å². The van der Waals surface area contributed by atoms with Crippen LogP contribution in [0.2, 0.25) is 0 Å². The smallest absolute Gasteiger partial charge is 0.119 e. The summed E-state index contributed by atoms with van der Waals surface area (Å²) in [6.45, 7) is 7.52. The Kier molecular flexibility index (Phi) is 4.51. The molecule has 2 N–H and O–H groups in total. The fourth-order valence-electron chi connectivity index (χ4n) is 3.17. The first-order valence-electron chi connectivity index (χ1n) is 7.58. The van der Waals surface area contributed by atoms with Crippen LogP contribution in [-0.2, 0) is 5.54 Å². The average Bonchev–Trinajstić information content (AvgIpc) is 2.42. The van der Waals surface area contributed by atoms with Crippen molar-refractivity contribution < 1.29 is 4.74 Å². The minimum Gasteiger partial charge on any atom is -0.494 e. The Hall–Kier alpha value is -1.02. The molecule has 1 aliphatic rings. The quantitative estimate of drug-likeness (QED) is 0.886. The lowest BCUT2D eigenvalue weighted by molar-refractivity contribution is 0.164. The summed E-state index contributed by atoms with van der Waals surface area (Å²) in [7, 11) is 0. The van der Waals surface area contributed by atoms with Crippen LogP contribution in [0.3, 0.4) is 0 Å². The van der Waals surface area contributed by atoms with E-state index in [0.717, 1.165) is 31.1 Å². The Balaban J connectivity index is 2.12. The van der Waals surface area contributed by atoms with Crippen LogP contribution >= 0.6 is 0 Å². The molecule has 106 valence electrons. The van der Waals surface area contributed by atoms with Gasteiger partial charge in [0.2, 0.25) is 0 Å². The Morgan fingerprint density at radius 2 is 1.95 bits per heavy atom. The second-order valence-electron chi connectivity index (χ2n) is 6.19. The van der Waals surface area contributed by atoms with Crippen molar-refractivity contribution in [2.75, 3.05) is 6.61 Å². The minimum atomic E-state index is -0.157. The van der Waals surface area contributed by atoms with Gasteiger partial charge in [0.25, 0.3) is 0 Å². The third kappa shape index (κ3) is 3.11. The summed E-state index contributed by atoms with van der Waals surface area (Å²) in [5.74, 6) is 2.29. The second-order valence-corrected chi connectivity index (χ2v) is 6.19. The highest BCUT2D eigenvalue weighted by molar-refractivity contribution is 5.32. The number of hydrogen-bond donors (Lipinski definition) is 1. The first kappa shape index (κ1) is 14.4. The van der Waals surface area contributed by atoms with Crippen molar-refractivity contribution in [1.82, 2.24) is 0 Å². The van der Waals surface area contributed by atoms with Gasteiger partial charge in [-0.05, 0) is 55.2 Å². The van der Waals surface area contributed by atoms with E-state index in [4.69, 9.17) is 10.5 Å². The molecular formula is C17H27NO. The van der Waals surface area contributed by atoms with Crippen molar-refractivity contribution in [3.05, 3.63) is 29.8 Å². The van der Waals surface area contributed by atoms with Crippen molar-refractivity contribution in [3.8, 4) is 5.75 Å². The number of hydrogen-bond acceptors (Lipinski definition) is 2. The number of nitrogens with two attached hydrogens (primary N) is 1. The fourth-order valence-corrected chi connectivity index (χ4v) is 3.17. The lowest BCUT2D eigenvalue weighted by atomic mass is 9.67. The van der Waals surface area contributed by atoms with Crippen molar-refractivity contribution >= 4 is 0 Å². The van der Waals surface area contributed by atoms with Crippen molar-refractivity contribution in [2.24, 2.45) is 17.6 Å².